The summed E-state index contributed by atoms with van der Waals surface area (Å²) < 4.78 is 52.2. The quantitative estimate of drug-likeness (QED) is 0.126. The molecule has 12 heteroatoms. The van der Waals surface area contributed by atoms with Gasteiger partial charge in [0.1, 0.15) is 5.75 Å². The molecule has 0 aliphatic heterocycles. The SMILES string of the molecule is CC.CCCC.CCCCCC(C)C(C)Cc1cc(C(F)(F)F)cc2sc(NC(=O)c3cc(Cl)cc(CN(CCOC)CCOC)c3O)nc12. The summed E-state index contributed by atoms with van der Waals surface area (Å²) in [6.07, 6.45) is 2.89. The number of unbranched alkanes of at least 4 members (excludes halogenated alkanes) is 3. The van der Waals surface area contributed by atoms with Crippen LogP contribution < -0.4 is 5.32 Å². The molecule has 0 fully saturated rings. The molecule has 0 spiro atoms. The fourth-order valence-corrected chi connectivity index (χ4v) is 6.27. The number of hydrogen-bond donors (Lipinski definition) is 2. The van der Waals surface area contributed by atoms with E-state index in [4.69, 9.17) is 21.1 Å². The van der Waals surface area contributed by atoms with Gasteiger partial charge in [-0.25, -0.2) is 4.98 Å². The van der Waals surface area contributed by atoms with Crippen LogP contribution in [0.15, 0.2) is 24.3 Å². The number of phenolic OH excluding ortho intramolecular Hbond substituents is 1. The van der Waals surface area contributed by atoms with E-state index in [1.54, 1.807) is 20.3 Å². The fraction of sp³-hybridized carbons (Fsp3) is 0.632. The number of aromatic nitrogens is 1. The first-order chi connectivity index (χ1) is 23.8. The maximum Gasteiger partial charge on any atom is 0.416 e. The Labute approximate surface area is 306 Å². The third-order valence-corrected chi connectivity index (χ3v) is 9.55. The molecule has 1 amide bonds. The van der Waals surface area contributed by atoms with E-state index in [1.807, 2.05) is 18.7 Å². The third kappa shape index (κ3) is 15.0. The number of hydrogen-bond acceptors (Lipinski definition) is 7. The minimum absolute atomic E-state index is 0.0593. The minimum atomic E-state index is -4.52. The number of methoxy groups -OCH3 is 2. The number of nitrogens with zero attached hydrogens (tertiary/aromatic N) is 2. The zero-order valence-corrected chi connectivity index (χ0v) is 33.0. The van der Waals surface area contributed by atoms with Gasteiger partial charge in [0, 0.05) is 44.4 Å². The highest BCUT2D eigenvalue weighted by Crippen LogP contribution is 2.38. The number of halogens is 4. The molecule has 0 aliphatic rings. The van der Waals surface area contributed by atoms with Crippen LogP contribution in [0.3, 0.4) is 0 Å². The number of nitrogens with one attached hydrogen (secondary N) is 1. The number of ether oxygens (including phenoxy) is 2. The lowest BCUT2D eigenvalue weighted by molar-refractivity contribution is -0.137. The van der Waals surface area contributed by atoms with Gasteiger partial charge in [0.2, 0.25) is 0 Å². The summed E-state index contributed by atoms with van der Waals surface area (Å²) in [4.78, 5) is 19.9. The number of rotatable bonds is 18. The van der Waals surface area contributed by atoms with Crippen LogP contribution in [-0.2, 0) is 28.6 Å². The molecule has 0 aliphatic carbocycles. The van der Waals surface area contributed by atoms with E-state index in [0.717, 1.165) is 43.1 Å². The topological polar surface area (TPSA) is 83.9 Å². The number of alkyl halides is 3. The van der Waals surface area contributed by atoms with Gasteiger partial charge in [0.05, 0.1) is 34.6 Å². The number of anilines is 1. The average molecular weight is 746 g/mol. The second kappa shape index (κ2) is 23.9. The molecule has 3 aromatic rings. The molecule has 0 radical (unpaired) electrons. The van der Waals surface area contributed by atoms with E-state index < -0.39 is 17.6 Å². The molecule has 2 N–H and O–H groups in total. The van der Waals surface area contributed by atoms with Crippen LogP contribution in [0, 0.1) is 11.8 Å². The van der Waals surface area contributed by atoms with Gasteiger partial charge in [-0.2, -0.15) is 13.2 Å². The van der Waals surface area contributed by atoms with E-state index in [-0.39, 0.29) is 27.4 Å². The third-order valence-electron chi connectivity index (χ3n) is 8.41. The lowest BCUT2D eigenvalue weighted by atomic mass is 9.85. The predicted octanol–water partition coefficient (Wildman–Crippen LogP) is 11.2. The van der Waals surface area contributed by atoms with Gasteiger partial charge in [0.15, 0.2) is 5.13 Å². The van der Waals surface area contributed by atoms with Crippen LogP contribution >= 0.6 is 22.9 Å². The molecule has 3 rings (SSSR count). The Morgan fingerprint density at radius 1 is 0.960 bits per heavy atom. The Hall–Kier alpha value is -2.44. The molecule has 284 valence electrons. The summed E-state index contributed by atoms with van der Waals surface area (Å²) in [5.74, 6) is -0.420. The highest BCUT2D eigenvalue weighted by atomic mass is 35.5. The van der Waals surface area contributed by atoms with Gasteiger partial charge in [-0.1, -0.05) is 110 Å². The zero-order chi connectivity index (χ0) is 37.9. The van der Waals surface area contributed by atoms with Crippen molar-refractivity contribution < 1.29 is 32.5 Å². The van der Waals surface area contributed by atoms with E-state index in [2.05, 4.69) is 44.9 Å². The van der Waals surface area contributed by atoms with Gasteiger partial charge in [-0.05, 0) is 48.1 Å². The van der Waals surface area contributed by atoms with E-state index in [0.29, 0.717) is 66.5 Å². The van der Waals surface area contributed by atoms with E-state index in [9.17, 15) is 23.1 Å². The van der Waals surface area contributed by atoms with Crippen molar-refractivity contribution in [3.63, 3.8) is 0 Å². The van der Waals surface area contributed by atoms with Gasteiger partial charge < -0.3 is 14.6 Å². The summed E-state index contributed by atoms with van der Waals surface area (Å²) in [5.41, 5.74) is 0.584. The number of carbonyl (C=O) groups is 1. The summed E-state index contributed by atoms with van der Waals surface area (Å²) in [6.45, 7) is 17.0. The lowest BCUT2D eigenvalue weighted by Gasteiger charge is -2.22. The molecule has 1 heterocycles. The summed E-state index contributed by atoms with van der Waals surface area (Å²) in [7, 11) is 3.19. The fourth-order valence-electron chi connectivity index (χ4n) is 5.09. The Bertz CT molecular complexity index is 1410. The molecule has 2 unspecified atom stereocenters. The monoisotopic (exact) mass is 745 g/mol. The summed E-state index contributed by atoms with van der Waals surface area (Å²) in [6, 6.07) is 5.20. The largest absolute Gasteiger partial charge is 0.507 e. The molecular formula is C38H59ClF3N3O4S. The second-order valence-corrected chi connectivity index (χ2v) is 13.8. The minimum Gasteiger partial charge on any atom is -0.507 e. The van der Waals surface area contributed by atoms with Crippen LogP contribution in [0.25, 0.3) is 10.2 Å². The summed E-state index contributed by atoms with van der Waals surface area (Å²) >= 11 is 7.31. The zero-order valence-electron chi connectivity index (χ0n) is 31.4. The Morgan fingerprint density at radius 2 is 1.58 bits per heavy atom. The number of fused-ring (bicyclic) bond motifs is 1. The van der Waals surface area contributed by atoms with Crippen LogP contribution in [0.5, 0.6) is 5.75 Å². The number of phenols is 1. The van der Waals surface area contributed by atoms with Crippen molar-refractivity contribution in [2.24, 2.45) is 11.8 Å². The maximum atomic E-state index is 13.8. The Kier molecular flexibility index (Phi) is 21.8. The normalized spacial score (nSPS) is 12.6. The average Bonchev–Trinajstić information content (AvgIpc) is 3.50. The first kappa shape index (κ1) is 45.6. The smallest absolute Gasteiger partial charge is 0.416 e. The number of thiazole rings is 1. The number of amides is 1. The van der Waals surface area contributed by atoms with Crippen molar-refractivity contribution in [1.29, 1.82) is 0 Å². The van der Waals surface area contributed by atoms with Crippen molar-refractivity contribution in [2.45, 2.75) is 106 Å². The second-order valence-electron chi connectivity index (χ2n) is 12.3. The van der Waals surface area contributed by atoms with Gasteiger partial charge in [-0.3, -0.25) is 15.0 Å². The number of carbonyl (C=O) groups excluding carboxylic acids is 1. The van der Waals surface area contributed by atoms with Crippen LogP contribution in [-0.4, -0.2) is 61.4 Å². The van der Waals surface area contributed by atoms with Crippen molar-refractivity contribution >= 4 is 44.2 Å². The Morgan fingerprint density at radius 3 is 2.12 bits per heavy atom. The molecule has 0 saturated heterocycles. The van der Waals surface area contributed by atoms with Gasteiger partial charge in [0.25, 0.3) is 5.91 Å². The lowest BCUT2D eigenvalue weighted by Crippen LogP contribution is -2.30. The van der Waals surface area contributed by atoms with Crippen molar-refractivity contribution in [1.82, 2.24) is 9.88 Å². The van der Waals surface area contributed by atoms with Crippen molar-refractivity contribution in [3.05, 3.63) is 51.5 Å². The standard InChI is InChI=1S/C32H43ClF3N3O4S.C4H10.C2H6/c1-6-7-8-9-20(2)21(3)14-22-15-24(32(34,35)36)17-27-28(22)37-31(44-27)38-30(41)26-18-25(33)16-23(29(26)40)19-39(10-12-42-4)11-13-43-5;1-3-4-2;1-2/h15-18,20-21,40H,6-14,19H2,1-5H3,(H,37,38,41);3-4H2,1-2H3;1-2H3. The molecule has 2 atom stereocenters. The Balaban J connectivity index is 0.00000194. The summed E-state index contributed by atoms with van der Waals surface area (Å²) in [5, 5.41) is 14.1. The highest BCUT2D eigenvalue weighted by molar-refractivity contribution is 7.22. The number of aromatic hydroxyl groups is 1. The van der Waals surface area contributed by atoms with Crippen molar-refractivity contribution in [3.8, 4) is 5.75 Å². The van der Waals surface area contributed by atoms with Crippen LogP contribution in [0.2, 0.25) is 5.02 Å². The molecule has 7 nitrogen and oxygen atoms in total. The van der Waals surface area contributed by atoms with E-state index in [1.165, 1.54) is 25.0 Å². The van der Waals surface area contributed by atoms with Crippen LogP contribution in [0.4, 0.5) is 18.3 Å². The molecule has 1 aromatic heterocycles. The van der Waals surface area contributed by atoms with E-state index >= 15 is 0 Å². The number of benzene rings is 2. The molecule has 0 bridgehead atoms. The maximum absolute atomic E-state index is 13.8. The van der Waals surface area contributed by atoms with Crippen LogP contribution in [0.1, 0.15) is 114 Å². The predicted molar refractivity (Wildman–Crippen MR) is 203 cm³/mol. The molecular weight excluding hydrogens is 687 g/mol. The van der Waals surface area contributed by atoms with Crippen molar-refractivity contribution in [2.75, 3.05) is 45.8 Å². The molecule has 2 aromatic carbocycles. The molecule has 50 heavy (non-hydrogen) atoms. The highest BCUT2D eigenvalue weighted by Gasteiger charge is 2.32. The molecule has 0 saturated carbocycles. The van der Waals surface area contributed by atoms with Gasteiger partial charge in [-0.15, -0.1) is 0 Å². The van der Waals surface area contributed by atoms with Gasteiger partial charge >= 0.3 is 6.18 Å². The first-order valence-corrected chi connectivity index (χ1v) is 19.0. The first-order valence-electron chi connectivity index (χ1n) is 17.8.